The zero-order chi connectivity index (χ0) is 15.2. The number of benzene rings is 2. The molecule has 5 heteroatoms. The second kappa shape index (κ2) is 6.99. The Hall–Kier alpha value is -2.21. The van der Waals surface area contributed by atoms with Crippen molar-refractivity contribution in [2.75, 3.05) is 6.61 Å². The Bertz CT molecular complexity index is 579. The number of ketones is 1. The van der Waals surface area contributed by atoms with E-state index in [2.05, 4.69) is 0 Å². The molecule has 110 valence electrons. The highest BCUT2D eigenvalue weighted by Crippen LogP contribution is 2.21. The molecule has 0 aliphatic carbocycles. The highest BCUT2D eigenvalue weighted by Gasteiger charge is 2.24. The summed E-state index contributed by atoms with van der Waals surface area (Å²) in [5, 5.41) is 27.5. The van der Waals surface area contributed by atoms with Gasteiger partial charge in [0.15, 0.2) is 5.78 Å². The first-order valence-corrected chi connectivity index (χ1v) is 6.46. The van der Waals surface area contributed by atoms with Crippen LogP contribution in [-0.2, 0) is 0 Å². The number of Topliss-reactive ketones (excluding diaryl/α,β-unsaturated/α-hetero) is 1. The maximum atomic E-state index is 11.9. The van der Waals surface area contributed by atoms with Crippen LogP contribution in [0.5, 0.6) is 11.5 Å². The monoisotopic (exact) mass is 288 g/mol. The van der Waals surface area contributed by atoms with Crippen molar-refractivity contribution in [1.82, 2.24) is 0 Å². The average molecular weight is 288 g/mol. The van der Waals surface area contributed by atoms with Gasteiger partial charge in [0, 0.05) is 5.56 Å². The van der Waals surface area contributed by atoms with Crippen molar-refractivity contribution in [2.24, 2.45) is 0 Å². The maximum Gasteiger partial charge on any atom is 0.194 e. The van der Waals surface area contributed by atoms with Gasteiger partial charge in [-0.25, -0.2) is 0 Å². The zero-order valence-electron chi connectivity index (χ0n) is 11.2. The lowest BCUT2D eigenvalue weighted by Crippen LogP contribution is -2.36. The molecular formula is C16H16O5. The lowest BCUT2D eigenvalue weighted by Gasteiger charge is -2.14. The summed E-state index contributed by atoms with van der Waals surface area (Å²) in [5.41, 5.74) is 0.232. The molecule has 0 aromatic heterocycles. The van der Waals surface area contributed by atoms with Gasteiger partial charge in [-0.05, 0) is 36.4 Å². The molecule has 0 amide bonds. The standard InChI is InChI=1S/C16H16O5/c17-10-14(18)16(20)15(19)11-6-8-13(9-7-11)21-12-4-2-1-3-5-12/h1-9,14,16-18,20H,10H2. The van der Waals surface area contributed by atoms with Gasteiger partial charge in [0.25, 0.3) is 0 Å². The Morgan fingerprint density at radius 1 is 0.952 bits per heavy atom. The van der Waals surface area contributed by atoms with Gasteiger partial charge in [0.05, 0.1) is 6.61 Å². The minimum Gasteiger partial charge on any atom is -0.457 e. The first-order valence-electron chi connectivity index (χ1n) is 6.46. The fourth-order valence-corrected chi connectivity index (χ4v) is 1.76. The van der Waals surface area contributed by atoms with Crippen LogP contribution >= 0.6 is 0 Å². The summed E-state index contributed by atoms with van der Waals surface area (Å²) in [6.45, 7) is -0.678. The van der Waals surface area contributed by atoms with E-state index in [0.29, 0.717) is 11.5 Å². The molecule has 2 unspecified atom stereocenters. The molecule has 0 saturated carbocycles. The number of carbonyl (C=O) groups is 1. The topological polar surface area (TPSA) is 87.0 Å². The average Bonchev–Trinajstić information content (AvgIpc) is 2.54. The number of hydrogen-bond donors (Lipinski definition) is 3. The summed E-state index contributed by atoms with van der Waals surface area (Å²) in [6, 6.07) is 15.4. The SMILES string of the molecule is O=C(c1ccc(Oc2ccccc2)cc1)C(O)C(O)CO. The fourth-order valence-electron chi connectivity index (χ4n) is 1.76. The Balaban J connectivity index is 2.07. The van der Waals surface area contributed by atoms with Crippen LogP contribution in [0.15, 0.2) is 54.6 Å². The summed E-state index contributed by atoms with van der Waals surface area (Å²) in [5.74, 6) is 0.574. The van der Waals surface area contributed by atoms with Gasteiger partial charge < -0.3 is 20.1 Å². The molecule has 0 aliphatic heterocycles. The molecule has 5 nitrogen and oxygen atoms in total. The molecule has 21 heavy (non-hydrogen) atoms. The molecule has 0 spiro atoms. The maximum absolute atomic E-state index is 11.9. The molecule has 2 atom stereocenters. The Morgan fingerprint density at radius 2 is 1.52 bits per heavy atom. The van der Waals surface area contributed by atoms with Gasteiger partial charge in [-0.3, -0.25) is 4.79 Å². The minimum absolute atomic E-state index is 0.232. The van der Waals surface area contributed by atoms with Crippen LogP contribution in [-0.4, -0.2) is 39.9 Å². The number of rotatable bonds is 6. The van der Waals surface area contributed by atoms with Crippen molar-refractivity contribution in [3.8, 4) is 11.5 Å². The van der Waals surface area contributed by atoms with Crippen LogP contribution in [0.3, 0.4) is 0 Å². The second-order valence-electron chi connectivity index (χ2n) is 4.50. The predicted molar refractivity (Wildman–Crippen MR) is 76.4 cm³/mol. The Kier molecular flexibility index (Phi) is 5.05. The summed E-state index contributed by atoms with van der Waals surface area (Å²) < 4.78 is 5.58. The van der Waals surface area contributed by atoms with Crippen molar-refractivity contribution >= 4 is 5.78 Å². The number of aliphatic hydroxyl groups excluding tert-OH is 3. The van der Waals surface area contributed by atoms with Crippen molar-refractivity contribution in [3.05, 3.63) is 60.2 Å². The van der Waals surface area contributed by atoms with Crippen LogP contribution in [0, 0.1) is 0 Å². The van der Waals surface area contributed by atoms with Crippen molar-refractivity contribution in [2.45, 2.75) is 12.2 Å². The summed E-state index contributed by atoms with van der Waals surface area (Å²) >= 11 is 0. The number of carbonyl (C=O) groups excluding carboxylic acids is 1. The van der Waals surface area contributed by atoms with E-state index in [-0.39, 0.29) is 5.56 Å². The molecule has 2 rings (SSSR count). The first-order chi connectivity index (χ1) is 10.1. The third-order valence-electron chi connectivity index (χ3n) is 2.94. The van der Waals surface area contributed by atoms with E-state index in [4.69, 9.17) is 9.84 Å². The number of ether oxygens (including phenoxy) is 1. The van der Waals surface area contributed by atoms with E-state index >= 15 is 0 Å². The van der Waals surface area contributed by atoms with Gasteiger partial charge >= 0.3 is 0 Å². The van der Waals surface area contributed by atoms with Crippen LogP contribution in [0.1, 0.15) is 10.4 Å². The first kappa shape index (κ1) is 15.2. The molecule has 0 heterocycles. The zero-order valence-corrected chi connectivity index (χ0v) is 11.2. The number of aliphatic hydroxyl groups is 3. The van der Waals surface area contributed by atoms with Gasteiger partial charge in [0.2, 0.25) is 0 Å². The van der Waals surface area contributed by atoms with Crippen LogP contribution in [0.4, 0.5) is 0 Å². The molecule has 0 radical (unpaired) electrons. The molecule has 0 fully saturated rings. The van der Waals surface area contributed by atoms with Crippen LogP contribution < -0.4 is 4.74 Å². The minimum atomic E-state index is -1.64. The fraction of sp³-hybridized carbons (Fsp3) is 0.188. The van der Waals surface area contributed by atoms with E-state index in [1.807, 2.05) is 18.2 Å². The molecule has 2 aromatic rings. The van der Waals surface area contributed by atoms with E-state index in [1.165, 1.54) is 12.1 Å². The quantitative estimate of drug-likeness (QED) is 0.699. The Morgan fingerprint density at radius 3 is 2.10 bits per heavy atom. The third-order valence-corrected chi connectivity index (χ3v) is 2.94. The van der Waals surface area contributed by atoms with Crippen LogP contribution in [0.2, 0.25) is 0 Å². The van der Waals surface area contributed by atoms with Gasteiger partial charge in [-0.2, -0.15) is 0 Å². The normalized spacial score (nSPS) is 13.5. The van der Waals surface area contributed by atoms with E-state index in [0.717, 1.165) is 0 Å². The van der Waals surface area contributed by atoms with Crippen molar-refractivity contribution in [1.29, 1.82) is 0 Å². The summed E-state index contributed by atoms with van der Waals surface area (Å²) in [4.78, 5) is 11.9. The molecule has 0 saturated heterocycles. The third kappa shape index (κ3) is 3.88. The van der Waals surface area contributed by atoms with Crippen molar-refractivity contribution in [3.63, 3.8) is 0 Å². The van der Waals surface area contributed by atoms with E-state index < -0.39 is 24.6 Å². The summed E-state index contributed by atoms with van der Waals surface area (Å²) in [7, 11) is 0. The van der Waals surface area contributed by atoms with E-state index in [1.54, 1.807) is 24.3 Å². The summed E-state index contributed by atoms with van der Waals surface area (Å²) in [6.07, 6.45) is -3.13. The molecule has 2 aromatic carbocycles. The van der Waals surface area contributed by atoms with Gasteiger partial charge in [0.1, 0.15) is 23.7 Å². The van der Waals surface area contributed by atoms with Crippen LogP contribution in [0.25, 0.3) is 0 Å². The largest absolute Gasteiger partial charge is 0.457 e. The highest BCUT2D eigenvalue weighted by molar-refractivity contribution is 5.99. The Labute approximate surface area is 122 Å². The molecule has 3 N–H and O–H groups in total. The van der Waals surface area contributed by atoms with E-state index in [9.17, 15) is 15.0 Å². The number of para-hydroxylation sites is 1. The van der Waals surface area contributed by atoms with Gasteiger partial charge in [-0.1, -0.05) is 18.2 Å². The molecule has 0 aliphatic rings. The highest BCUT2D eigenvalue weighted by atomic mass is 16.5. The number of hydrogen-bond acceptors (Lipinski definition) is 5. The lowest BCUT2D eigenvalue weighted by atomic mass is 10.0. The molecule has 0 bridgehead atoms. The van der Waals surface area contributed by atoms with Crippen molar-refractivity contribution < 1.29 is 24.9 Å². The predicted octanol–water partition coefficient (Wildman–Crippen LogP) is 1.38. The van der Waals surface area contributed by atoms with Gasteiger partial charge in [-0.15, -0.1) is 0 Å². The second-order valence-corrected chi connectivity index (χ2v) is 4.50. The lowest BCUT2D eigenvalue weighted by molar-refractivity contribution is -0.00491. The smallest absolute Gasteiger partial charge is 0.194 e. The molecular weight excluding hydrogens is 272 g/mol.